The van der Waals surface area contributed by atoms with E-state index >= 15 is 0 Å². The molecular weight excluding hydrogens is 269 g/mol. The SMILES string of the molecule is CC(C)N(CCNCc1ccc(C(N)=O)cc1F)C(C)C. The van der Waals surface area contributed by atoms with Crippen LogP contribution in [-0.4, -0.2) is 36.0 Å². The summed E-state index contributed by atoms with van der Waals surface area (Å²) in [4.78, 5) is 13.3. The first-order valence-corrected chi connectivity index (χ1v) is 7.37. The van der Waals surface area contributed by atoms with Gasteiger partial charge in [-0.3, -0.25) is 9.69 Å². The van der Waals surface area contributed by atoms with Crippen molar-refractivity contribution >= 4 is 5.91 Å². The fourth-order valence-electron chi connectivity index (χ4n) is 2.39. The third-order valence-electron chi connectivity index (χ3n) is 3.53. The van der Waals surface area contributed by atoms with Crippen LogP contribution >= 0.6 is 0 Å². The van der Waals surface area contributed by atoms with Crippen LogP contribution in [-0.2, 0) is 6.54 Å². The zero-order valence-electron chi connectivity index (χ0n) is 13.3. The first kappa shape index (κ1) is 17.6. The van der Waals surface area contributed by atoms with Crippen LogP contribution < -0.4 is 11.1 Å². The lowest BCUT2D eigenvalue weighted by atomic mass is 10.1. The predicted octanol–water partition coefficient (Wildman–Crippen LogP) is 2.13. The average Bonchev–Trinajstić information content (AvgIpc) is 2.38. The second-order valence-electron chi connectivity index (χ2n) is 5.77. The summed E-state index contributed by atoms with van der Waals surface area (Å²) in [6.07, 6.45) is 0. The molecule has 1 aromatic carbocycles. The molecule has 0 spiro atoms. The molecule has 0 unspecified atom stereocenters. The molecule has 0 bridgehead atoms. The molecule has 4 nitrogen and oxygen atoms in total. The van der Waals surface area contributed by atoms with Crippen LogP contribution in [0.2, 0.25) is 0 Å². The van der Waals surface area contributed by atoms with Gasteiger partial charge in [-0.25, -0.2) is 4.39 Å². The van der Waals surface area contributed by atoms with Crippen LogP contribution in [0.5, 0.6) is 0 Å². The molecule has 0 fully saturated rings. The van der Waals surface area contributed by atoms with Crippen LogP contribution in [0.4, 0.5) is 4.39 Å². The molecule has 1 rings (SSSR count). The maximum Gasteiger partial charge on any atom is 0.248 e. The Morgan fingerprint density at radius 1 is 1.29 bits per heavy atom. The van der Waals surface area contributed by atoms with Gasteiger partial charge in [-0.05, 0) is 39.8 Å². The Morgan fingerprint density at radius 3 is 2.38 bits per heavy atom. The maximum atomic E-state index is 13.8. The number of carbonyl (C=O) groups is 1. The number of amides is 1. The Hall–Kier alpha value is -1.46. The topological polar surface area (TPSA) is 58.4 Å². The van der Waals surface area contributed by atoms with Gasteiger partial charge < -0.3 is 11.1 Å². The monoisotopic (exact) mass is 295 g/mol. The van der Waals surface area contributed by atoms with E-state index in [2.05, 4.69) is 37.9 Å². The zero-order chi connectivity index (χ0) is 16.0. The molecule has 0 aliphatic rings. The van der Waals surface area contributed by atoms with Gasteiger partial charge >= 0.3 is 0 Å². The van der Waals surface area contributed by atoms with Gasteiger partial charge in [0.05, 0.1) is 0 Å². The molecule has 0 heterocycles. The van der Waals surface area contributed by atoms with Gasteiger partial charge in [0.15, 0.2) is 0 Å². The van der Waals surface area contributed by atoms with Crippen LogP contribution in [0.15, 0.2) is 18.2 Å². The molecular formula is C16H26FN3O. The largest absolute Gasteiger partial charge is 0.366 e. The molecule has 0 aliphatic carbocycles. The van der Waals surface area contributed by atoms with E-state index in [4.69, 9.17) is 5.73 Å². The second-order valence-corrected chi connectivity index (χ2v) is 5.77. The minimum atomic E-state index is -0.613. The molecule has 0 saturated heterocycles. The average molecular weight is 295 g/mol. The summed E-state index contributed by atoms with van der Waals surface area (Å²) in [5, 5.41) is 3.23. The van der Waals surface area contributed by atoms with Crippen molar-refractivity contribution in [1.29, 1.82) is 0 Å². The smallest absolute Gasteiger partial charge is 0.248 e. The summed E-state index contributed by atoms with van der Waals surface area (Å²) in [7, 11) is 0. The van der Waals surface area contributed by atoms with Crippen molar-refractivity contribution in [3.63, 3.8) is 0 Å². The minimum Gasteiger partial charge on any atom is -0.366 e. The normalized spacial score (nSPS) is 11.6. The maximum absolute atomic E-state index is 13.8. The first-order valence-electron chi connectivity index (χ1n) is 7.37. The molecule has 0 radical (unpaired) electrons. The standard InChI is InChI=1S/C16H26FN3O/c1-11(2)20(12(3)4)8-7-19-10-14-6-5-13(16(18)21)9-15(14)17/h5-6,9,11-12,19H,7-8,10H2,1-4H3,(H2,18,21). The van der Waals surface area contributed by atoms with E-state index in [1.54, 1.807) is 12.1 Å². The number of carbonyl (C=O) groups excluding carboxylic acids is 1. The Bertz CT molecular complexity index is 467. The summed E-state index contributed by atoms with van der Waals surface area (Å²) in [6, 6.07) is 5.31. The van der Waals surface area contributed by atoms with E-state index in [9.17, 15) is 9.18 Å². The van der Waals surface area contributed by atoms with Crippen molar-refractivity contribution in [3.8, 4) is 0 Å². The van der Waals surface area contributed by atoms with Crippen molar-refractivity contribution < 1.29 is 9.18 Å². The van der Waals surface area contributed by atoms with Gasteiger partial charge in [-0.1, -0.05) is 6.07 Å². The van der Waals surface area contributed by atoms with Gasteiger partial charge in [-0.2, -0.15) is 0 Å². The molecule has 0 aliphatic heterocycles. The lowest BCUT2D eigenvalue weighted by Crippen LogP contribution is -2.41. The summed E-state index contributed by atoms with van der Waals surface area (Å²) >= 11 is 0. The van der Waals surface area contributed by atoms with Crippen molar-refractivity contribution in [1.82, 2.24) is 10.2 Å². The van der Waals surface area contributed by atoms with Gasteiger partial charge in [0.2, 0.25) is 5.91 Å². The Labute approximate surface area is 126 Å². The Kier molecular flexibility index (Phi) is 6.78. The Morgan fingerprint density at radius 2 is 1.90 bits per heavy atom. The fraction of sp³-hybridized carbons (Fsp3) is 0.562. The summed E-state index contributed by atoms with van der Waals surface area (Å²) in [5.74, 6) is -1.01. The number of halogens is 1. The lowest BCUT2D eigenvalue weighted by Gasteiger charge is -2.30. The van der Waals surface area contributed by atoms with Crippen molar-refractivity contribution in [2.24, 2.45) is 5.73 Å². The number of primary amides is 1. The summed E-state index contributed by atoms with van der Waals surface area (Å²) in [5.41, 5.74) is 5.86. The van der Waals surface area contributed by atoms with Crippen LogP contribution in [0.25, 0.3) is 0 Å². The van der Waals surface area contributed by atoms with E-state index in [0.717, 1.165) is 13.1 Å². The fourth-order valence-corrected chi connectivity index (χ4v) is 2.39. The molecule has 0 atom stereocenters. The molecule has 5 heteroatoms. The molecule has 0 aromatic heterocycles. The zero-order valence-corrected chi connectivity index (χ0v) is 13.3. The number of benzene rings is 1. The molecule has 3 N–H and O–H groups in total. The highest BCUT2D eigenvalue weighted by Crippen LogP contribution is 2.10. The lowest BCUT2D eigenvalue weighted by molar-refractivity contribution is 0.1000. The third kappa shape index (κ3) is 5.44. The number of nitrogens with two attached hydrogens (primary N) is 1. The third-order valence-corrected chi connectivity index (χ3v) is 3.53. The quantitative estimate of drug-likeness (QED) is 0.722. The summed E-state index contributed by atoms with van der Waals surface area (Å²) in [6.45, 7) is 10.8. The number of hydrogen-bond donors (Lipinski definition) is 2. The van der Waals surface area contributed by atoms with Crippen LogP contribution in [0.1, 0.15) is 43.6 Å². The van der Waals surface area contributed by atoms with Crippen molar-refractivity contribution in [2.75, 3.05) is 13.1 Å². The highest BCUT2D eigenvalue weighted by atomic mass is 19.1. The van der Waals surface area contributed by atoms with Crippen molar-refractivity contribution in [2.45, 2.75) is 46.3 Å². The molecule has 1 aromatic rings. The highest BCUT2D eigenvalue weighted by molar-refractivity contribution is 5.92. The minimum absolute atomic E-state index is 0.196. The van der Waals surface area contributed by atoms with E-state index in [1.165, 1.54) is 6.07 Å². The number of rotatable bonds is 8. The first-order chi connectivity index (χ1) is 9.82. The van der Waals surface area contributed by atoms with Gasteiger partial charge in [0, 0.05) is 42.8 Å². The van der Waals surface area contributed by atoms with Crippen LogP contribution in [0, 0.1) is 5.82 Å². The summed E-state index contributed by atoms with van der Waals surface area (Å²) < 4.78 is 13.8. The van der Waals surface area contributed by atoms with Gasteiger partial charge in [0.1, 0.15) is 5.82 Å². The predicted molar refractivity (Wildman–Crippen MR) is 83.6 cm³/mol. The van der Waals surface area contributed by atoms with Gasteiger partial charge in [0.25, 0.3) is 0 Å². The van der Waals surface area contributed by atoms with E-state index < -0.39 is 11.7 Å². The molecule has 118 valence electrons. The highest BCUT2D eigenvalue weighted by Gasteiger charge is 2.12. The number of nitrogens with zero attached hydrogens (tertiary/aromatic N) is 1. The Balaban J connectivity index is 2.47. The second kappa shape index (κ2) is 8.10. The molecule has 1 amide bonds. The van der Waals surface area contributed by atoms with Crippen LogP contribution in [0.3, 0.4) is 0 Å². The van der Waals surface area contributed by atoms with E-state index in [0.29, 0.717) is 24.2 Å². The van der Waals surface area contributed by atoms with E-state index in [1.807, 2.05) is 0 Å². The van der Waals surface area contributed by atoms with Gasteiger partial charge in [-0.15, -0.1) is 0 Å². The van der Waals surface area contributed by atoms with Crippen molar-refractivity contribution in [3.05, 3.63) is 35.1 Å². The molecule has 0 saturated carbocycles. The van der Waals surface area contributed by atoms with E-state index in [-0.39, 0.29) is 5.56 Å². The molecule has 21 heavy (non-hydrogen) atoms. The number of nitrogens with one attached hydrogen (secondary N) is 1. The number of hydrogen-bond acceptors (Lipinski definition) is 3.